The monoisotopic (exact) mass is 404 g/mol. The molecule has 29 heavy (non-hydrogen) atoms. The van der Waals surface area contributed by atoms with Crippen LogP contribution < -0.4 is 15.4 Å². The second-order valence-corrected chi connectivity index (χ2v) is 7.06. The molecule has 2 aliphatic rings. The van der Waals surface area contributed by atoms with E-state index in [1.54, 1.807) is 7.11 Å². The first kappa shape index (κ1) is 21.1. The molecule has 0 aliphatic carbocycles. The van der Waals surface area contributed by atoms with Crippen LogP contribution in [0.5, 0.6) is 5.75 Å². The van der Waals surface area contributed by atoms with Crippen LogP contribution in [0.2, 0.25) is 0 Å². The van der Waals surface area contributed by atoms with E-state index in [4.69, 9.17) is 9.47 Å². The third-order valence-corrected chi connectivity index (χ3v) is 5.15. The Hall–Kier alpha value is -2.65. The van der Waals surface area contributed by atoms with Gasteiger partial charge in [-0.3, -0.25) is 19.4 Å². The summed E-state index contributed by atoms with van der Waals surface area (Å²) in [7, 11) is 1.58. The van der Waals surface area contributed by atoms with Crippen molar-refractivity contribution in [2.24, 2.45) is 0 Å². The van der Waals surface area contributed by atoms with Gasteiger partial charge in [0.05, 0.1) is 26.7 Å². The first-order chi connectivity index (χ1) is 14.1. The van der Waals surface area contributed by atoms with Gasteiger partial charge in [-0.25, -0.2) is 4.79 Å². The van der Waals surface area contributed by atoms with Crippen LogP contribution in [0.25, 0.3) is 0 Å². The number of amides is 4. The Kier molecular flexibility index (Phi) is 7.42. The summed E-state index contributed by atoms with van der Waals surface area (Å²) < 4.78 is 10.6. The fraction of sp³-hybridized carbons (Fsp3) is 0.550. The summed E-state index contributed by atoms with van der Waals surface area (Å²) in [5.41, 5.74) is 0.917. The minimum Gasteiger partial charge on any atom is -0.496 e. The maximum atomic E-state index is 12.6. The lowest BCUT2D eigenvalue weighted by Gasteiger charge is -2.26. The number of benzene rings is 1. The van der Waals surface area contributed by atoms with Crippen LogP contribution in [0, 0.1) is 0 Å². The minimum absolute atomic E-state index is 0.0567. The van der Waals surface area contributed by atoms with Crippen LogP contribution in [0.3, 0.4) is 0 Å². The molecule has 1 aromatic carbocycles. The Balaban J connectivity index is 1.43. The van der Waals surface area contributed by atoms with Crippen LogP contribution in [0.4, 0.5) is 4.79 Å². The Bertz CT molecular complexity index is 735. The first-order valence-electron chi connectivity index (χ1n) is 9.89. The number of nitrogens with zero attached hydrogens (tertiary/aromatic N) is 2. The molecule has 0 aromatic heterocycles. The van der Waals surface area contributed by atoms with Gasteiger partial charge in [-0.2, -0.15) is 0 Å². The standard InChI is InChI=1S/C20H28N4O5/c1-28-17-5-3-2-4-15(17)6-8-24-19(26)16(22-20(24)27)14-18(25)21-7-9-23-10-12-29-13-11-23/h2-5,16H,6-14H2,1H3,(H,21,25)(H,22,27)/t16-/m1/s1. The summed E-state index contributed by atoms with van der Waals surface area (Å²) in [5, 5.41) is 5.43. The molecular weight excluding hydrogens is 376 g/mol. The lowest BCUT2D eigenvalue weighted by Crippen LogP contribution is -2.42. The Morgan fingerprint density at radius 1 is 1.24 bits per heavy atom. The summed E-state index contributed by atoms with van der Waals surface area (Å²) >= 11 is 0. The highest BCUT2D eigenvalue weighted by Crippen LogP contribution is 2.19. The van der Waals surface area contributed by atoms with Gasteiger partial charge in [0, 0.05) is 32.7 Å². The predicted octanol–water partition coefficient (Wildman–Crippen LogP) is -0.00340. The molecule has 158 valence electrons. The van der Waals surface area contributed by atoms with E-state index in [2.05, 4.69) is 15.5 Å². The number of rotatable bonds is 9. The van der Waals surface area contributed by atoms with E-state index in [1.165, 1.54) is 0 Å². The van der Waals surface area contributed by atoms with E-state index in [1.807, 2.05) is 24.3 Å². The molecule has 1 aromatic rings. The van der Waals surface area contributed by atoms with Gasteiger partial charge in [-0.1, -0.05) is 18.2 Å². The van der Waals surface area contributed by atoms with Crippen molar-refractivity contribution in [2.45, 2.75) is 18.9 Å². The van der Waals surface area contributed by atoms with E-state index in [-0.39, 0.29) is 24.8 Å². The molecule has 9 heteroatoms. The van der Waals surface area contributed by atoms with Crippen molar-refractivity contribution in [3.8, 4) is 5.75 Å². The van der Waals surface area contributed by atoms with Crippen LogP contribution in [0.15, 0.2) is 24.3 Å². The molecular formula is C20H28N4O5. The van der Waals surface area contributed by atoms with E-state index in [0.29, 0.717) is 26.2 Å². The number of hydrogen-bond donors (Lipinski definition) is 2. The lowest BCUT2D eigenvalue weighted by molar-refractivity contribution is -0.130. The average molecular weight is 404 g/mol. The van der Waals surface area contributed by atoms with Crippen molar-refractivity contribution < 1.29 is 23.9 Å². The lowest BCUT2D eigenvalue weighted by atomic mass is 10.1. The second kappa shape index (κ2) is 10.2. The molecule has 0 bridgehead atoms. The molecule has 2 fully saturated rings. The van der Waals surface area contributed by atoms with E-state index in [9.17, 15) is 14.4 Å². The summed E-state index contributed by atoms with van der Waals surface area (Å²) in [6, 6.07) is 6.21. The smallest absolute Gasteiger partial charge is 0.324 e. The van der Waals surface area contributed by atoms with Gasteiger partial charge in [0.25, 0.3) is 5.91 Å². The number of imide groups is 1. The molecule has 3 rings (SSSR count). The van der Waals surface area contributed by atoms with Gasteiger partial charge in [-0.05, 0) is 18.1 Å². The van der Waals surface area contributed by atoms with Gasteiger partial charge in [-0.15, -0.1) is 0 Å². The first-order valence-corrected chi connectivity index (χ1v) is 9.89. The summed E-state index contributed by atoms with van der Waals surface area (Å²) in [5.74, 6) is 0.104. The molecule has 0 spiro atoms. The van der Waals surface area contributed by atoms with Gasteiger partial charge in [0.1, 0.15) is 11.8 Å². The zero-order valence-corrected chi connectivity index (χ0v) is 16.7. The molecule has 2 aliphatic heterocycles. The molecule has 4 amide bonds. The molecule has 9 nitrogen and oxygen atoms in total. The number of carbonyl (C=O) groups excluding carboxylic acids is 3. The van der Waals surface area contributed by atoms with Gasteiger partial charge >= 0.3 is 6.03 Å². The molecule has 1 atom stereocenters. The van der Waals surface area contributed by atoms with Gasteiger partial charge in [0.2, 0.25) is 5.91 Å². The van der Waals surface area contributed by atoms with Crippen molar-refractivity contribution in [1.29, 1.82) is 0 Å². The second-order valence-electron chi connectivity index (χ2n) is 7.06. The average Bonchev–Trinajstić information content (AvgIpc) is 3.00. The Morgan fingerprint density at radius 2 is 2.00 bits per heavy atom. The quantitative estimate of drug-likeness (QED) is 0.562. The summed E-state index contributed by atoms with van der Waals surface area (Å²) in [6.07, 6.45) is 0.431. The van der Waals surface area contributed by atoms with Crippen molar-refractivity contribution in [2.75, 3.05) is 53.0 Å². The zero-order valence-electron chi connectivity index (χ0n) is 16.7. The van der Waals surface area contributed by atoms with Crippen LogP contribution in [-0.4, -0.2) is 86.7 Å². The topological polar surface area (TPSA) is 100 Å². The van der Waals surface area contributed by atoms with Crippen LogP contribution in [-0.2, 0) is 20.7 Å². The van der Waals surface area contributed by atoms with Crippen molar-refractivity contribution in [3.05, 3.63) is 29.8 Å². The maximum Gasteiger partial charge on any atom is 0.324 e. The number of ether oxygens (including phenoxy) is 2. The fourth-order valence-electron chi connectivity index (χ4n) is 3.50. The molecule has 2 heterocycles. The van der Waals surface area contributed by atoms with Crippen molar-refractivity contribution in [3.63, 3.8) is 0 Å². The van der Waals surface area contributed by atoms with Crippen molar-refractivity contribution in [1.82, 2.24) is 20.4 Å². The Morgan fingerprint density at radius 3 is 2.76 bits per heavy atom. The summed E-state index contributed by atoms with van der Waals surface area (Å²) in [4.78, 5) is 40.3. The zero-order chi connectivity index (χ0) is 20.6. The SMILES string of the molecule is COc1ccccc1CCN1C(=O)N[C@H](CC(=O)NCCN2CCOCC2)C1=O. The highest BCUT2D eigenvalue weighted by atomic mass is 16.5. The number of nitrogens with one attached hydrogen (secondary N) is 2. The third kappa shape index (κ3) is 5.68. The molecule has 0 radical (unpaired) electrons. The predicted molar refractivity (Wildman–Crippen MR) is 106 cm³/mol. The largest absolute Gasteiger partial charge is 0.496 e. The van der Waals surface area contributed by atoms with E-state index in [0.717, 1.165) is 35.8 Å². The highest BCUT2D eigenvalue weighted by Gasteiger charge is 2.38. The summed E-state index contributed by atoms with van der Waals surface area (Å²) in [6.45, 7) is 4.61. The van der Waals surface area contributed by atoms with Crippen molar-refractivity contribution >= 4 is 17.8 Å². The molecule has 0 saturated carbocycles. The van der Waals surface area contributed by atoms with Gasteiger partial charge < -0.3 is 20.1 Å². The van der Waals surface area contributed by atoms with E-state index < -0.39 is 12.1 Å². The highest BCUT2D eigenvalue weighted by molar-refractivity contribution is 6.05. The van der Waals surface area contributed by atoms with Gasteiger partial charge in [0.15, 0.2) is 0 Å². The fourth-order valence-corrected chi connectivity index (χ4v) is 3.50. The number of morpholine rings is 1. The molecule has 2 N–H and O–H groups in total. The van der Waals surface area contributed by atoms with E-state index >= 15 is 0 Å². The number of para-hydroxylation sites is 1. The minimum atomic E-state index is -0.816. The van der Waals surface area contributed by atoms with Crippen LogP contribution in [0.1, 0.15) is 12.0 Å². The molecule has 2 saturated heterocycles. The van der Waals surface area contributed by atoms with Crippen LogP contribution >= 0.6 is 0 Å². The maximum absolute atomic E-state index is 12.6. The normalized spacial score (nSPS) is 19.9. The number of carbonyl (C=O) groups is 3. The third-order valence-electron chi connectivity index (χ3n) is 5.15. The number of hydrogen-bond acceptors (Lipinski definition) is 6. The number of methoxy groups -OCH3 is 1. The number of urea groups is 1. The Labute approximate surface area is 170 Å². The molecule has 0 unspecified atom stereocenters.